The number of rotatable bonds is 16. The first kappa shape index (κ1) is 46.7. The number of amides is 3. The molecule has 3 aliphatic heterocycles. The zero-order chi connectivity index (χ0) is 47.4. The molecule has 0 bridgehead atoms. The molecule has 5 heterocycles. The molecule has 352 valence electrons. The van der Waals surface area contributed by atoms with Gasteiger partial charge < -0.3 is 24.7 Å². The number of ether oxygens (including phenoxy) is 2. The molecule has 3 saturated heterocycles. The van der Waals surface area contributed by atoms with Crippen molar-refractivity contribution < 1.29 is 50.6 Å². The van der Waals surface area contributed by atoms with E-state index in [0.717, 1.165) is 46.1 Å². The van der Waals surface area contributed by atoms with Gasteiger partial charge in [-0.2, -0.15) is 12.7 Å². The van der Waals surface area contributed by atoms with Gasteiger partial charge in [0.25, 0.3) is 18.3 Å². The number of pyridine rings is 1. The smallest absolute Gasteiger partial charge is 0.301 e. The van der Waals surface area contributed by atoms with Crippen LogP contribution in [-0.2, 0) is 34.1 Å². The molecule has 2 atom stereocenters. The van der Waals surface area contributed by atoms with Crippen LogP contribution in [0.1, 0.15) is 72.9 Å². The highest BCUT2D eigenvalue weighted by Gasteiger charge is 2.34. The van der Waals surface area contributed by atoms with Crippen molar-refractivity contribution in [2.75, 3.05) is 49.4 Å². The number of piperidine rings is 3. The lowest BCUT2D eigenvalue weighted by molar-refractivity contribution is -0.159. The van der Waals surface area contributed by atoms with Gasteiger partial charge in [-0.05, 0) is 85.2 Å². The van der Waals surface area contributed by atoms with Crippen LogP contribution in [0.3, 0.4) is 0 Å². The van der Waals surface area contributed by atoms with Crippen LogP contribution in [0.5, 0.6) is 5.75 Å². The lowest BCUT2D eigenvalue weighted by atomic mass is 9.89. The molecule has 2 aromatic heterocycles. The predicted molar refractivity (Wildman–Crippen MR) is 243 cm³/mol. The molecule has 3 fully saturated rings. The molecule has 3 amide bonds. The molecule has 17 nitrogen and oxygen atoms in total. The molecule has 2 unspecified atom stereocenters. The van der Waals surface area contributed by atoms with Crippen molar-refractivity contribution in [3.63, 3.8) is 0 Å². The largest absolute Gasteiger partial charge is 0.481 e. The predicted octanol–water partition coefficient (Wildman–Crippen LogP) is 5.00. The first-order chi connectivity index (χ1) is 32.2. The Morgan fingerprint density at radius 3 is 2.34 bits per heavy atom. The van der Waals surface area contributed by atoms with Crippen LogP contribution in [0.15, 0.2) is 79.1 Å². The molecule has 3 aromatic carbocycles. The van der Waals surface area contributed by atoms with E-state index in [4.69, 9.17) is 9.47 Å². The minimum absolute atomic E-state index is 0.0477. The number of anilines is 2. The maximum atomic E-state index is 15.6. The van der Waals surface area contributed by atoms with Crippen LogP contribution < -0.4 is 25.0 Å². The summed E-state index contributed by atoms with van der Waals surface area (Å²) in [6.07, 6.45) is 4.50. The van der Waals surface area contributed by atoms with Gasteiger partial charge >= 0.3 is 10.2 Å². The Morgan fingerprint density at radius 2 is 1.67 bits per heavy atom. The monoisotopic (exact) mass is 940 g/mol. The second-order valence-corrected chi connectivity index (χ2v) is 18.6. The van der Waals surface area contributed by atoms with Gasteiger partial charge in [0.15, 0.2) is 11.9 Å². The van der Waals surface area contributed by atoms with Crippen molar-refractivity contribution in [1.82, 2.24) is 29.8 Å². The molecule has 67 heavy (non-hydrogen) atoms. The highest BCUT2D eigenvalue weighted by atomic mass is 32.2. The van der Waals surface area contributed by atoms with Gasteiger partial charge in [0.05, 0.1) is 11.3 Å². The molecular weight excluding hydrogens is 891 g/mol. The number of likely N-dealkylation sites (tertiary alicyclic amines) is 1. The van der Waals surface area contributed by atoms with E-state index in [1.54, 1.807) is 19.2 Å². The number of halogens is 2. The number of hydrogen-bond acceptors (Lipinski definition) is 12. The SMILES string of the molecule is CCN(C)S(=O)(=O)Nc1ccc(F)c(C(=O)c2c[nH]c3ncc(-c4ccc(N5CCC(NC(=O)C(OC=O)N6CCC(c7ccc(OC8CCC(=O)NC8=O)cc7)CC6)CC5)cc4)cc23)c1F. The number of imide groups is 1. The van der Waals surface area contributed by atoms with E-state index >= 15 is 8.78 Å². The van der Waals surface area contributed by atoms with Crippen LogP contribution in [0.25, 0.3) is 22.2 Å². The number of hydrogen-bond donors (Lipinski definition) is 4. The zero-order valence-electron chi connectivity index (χ0n) is 36.8. The summed E-state index contributed by atoms with van der Waals surface area (Å²) in [5.41, 5.74) is 2.25. The van der Waals surface area contributed by atoms with E-state index in [-0.39, 0.29) is 42.3 Å². The van der Waals surface area contributed by atoms with Crippen LogP contribution in [0.4, 0.5) is 20.2 Å². The first-order valence-electron chi connectivity index (χ1n) is 22.1. The second-order valence-electron chi connectivity index (χ2n) is 16.8. The Morgan fingerprint density at radius 1 is 0.955 bits per heavy atom. The van der Waals surface area contributed by atoms with Gasteiger partial charge in [-0.25, -0.2) is 13.8 Å². The number of H-pyrrole nitrogens is 1. The Bertz CT molecular complexity index is 2780. The van der Waals surface area contributed by atoms with E-state index in [0.29, 0.717) is 74.3 Å². The molecule has 0 saturated carbocycles. The van der Waals surface area contributed by atoms with E-state index in [2.05, 4.69) is 30.2 Å². The summed E-state index contributed by atoms with van der Waals surface area (Å²) in [6, 6.07) is 18.6. The minimum atomic E-state index is -4.16. The molecule has 5 aromatic rings. The average Bonchev–Trinajstić information content (AvgIpc) is 3.76. The highest BCUT2D eigenvalue weighted by Crippen LogP contribution is 2.33. The topological polar surface area (TPSA) is 212 Å². The molecule has 8 rings (SSSR count). The molecule has 20 heteroatoms. The summed E-state index contributed by atoms with van der Waals surface area (Å²) in [7, 11) is -2.87. The van der Waals surface area contributed by atoms with Crippen molar-refractivity contribution in [1.29, 1.82) is 0 Å². The van der Waals surface area contributed by atoms with E-state index in [1.165, 1.54) is 13.2 Å². The number of fused-ring (bicyclic) bond motifs is 1. The summed E-state index contributed by atoms with van der Waals surface area (Å²) >= 11 is 0. The third-order valence-corrected chi connectivity index (χ3v) is 14.2. The van der Waals surface area contributed by atoms with Crippen molar-refractivity contribution >= 4 is 62.6 Å². The van der Waals surface area contributed by atoms with Crippen molar-refractivity contribution in [3.05, 3.63) is 107 Å². The summed E-state index contributed by atoms with van der Waals surface area (Å²) in [6.45, 7) is 4.37. The number of nitrogens with one attached hydrogen (secondary N) is 4. The highest BCUT2D eigenvalue weighted by molar-refractivity contribution is 7.90. The molecule has 0 aliphatic carbocycles. The molecular formula is C47H50F2N8O9S. The number of carbonyl (C=O) groups excluding carboxylic acids is 5. The fourth-order valence-electron chi connectivity index (χ4n) is 8.73. The maximum absolute atomic E-state index is 15.6. The fourth-order valence-corrected chi connectivity index (χ4v) is 9.66. The molecule has 3 aliphatic rings. The Labute approximate surface area is 385 Å². The van der Waals surface area contributed by atoms with Crippen LogP contribution >= 0.6 is 0 Å². The van der Waals surface area contributed by atoms with Gasteiger partial charge in [0, 0.05) is 93.2 Å². The summed E-state index contributed by atoms with van der Waals surface area (Å²) in [4.78, 5) is 73.7. The van der Waals surface area contributed by atoms with Crippen LogP contribution in [0, 0.1) is 11.6 Å². The third-order valence-electron chi connectivity index (χ3n) is 12.7. The average molecular weight is 941 g/mol. The fraction of sp³-hybridized carbons (Fsp3) is 0.362. The minimum Gasteiger partial charge on any atom is -0.481 e. The van der Waals surface area contributed by atoms with Gasteiger partial charge in [-0.1, -0.05) is 31.2 Å². The van der Waals surface area contributed by atoms with Gasteiger partial charge in [-0.3, -0.25) is 38.9 Å². The van der Waals surface area contributed by atoms with Crippen LogP contribution in [0.2, 0.25) is 0 Å². The van der Waals surface area contributed by atoms with Gasteiger partial charge in [0.2, 0.25) is 17.9 Å². The summed E-state index contributed by atoms with van der Waals surface area (Å²) in [5, 5.41) is 5.71. The summed E-state index contributed by atoms with van der Waals surface area (Å²) < 4.78 is 70.0. The van der Waals surface area contributed by atoms with E-state index in [1.807, 2.05) is 53.4 Å². The number of aromatic nitrogens is 2. The maximum Gasteiger partial charge on any atom is 0.301 e. The Balaban J connectivity index is 0.844. The van der Waals surface area contributed by atoms with Crippen LogP contribution in [-0.4, -0.2) is 116 Å². The van der Waals surface area contributed by atoms with Crippen molar-refractivity contribution in [2.45, 2.75) is 69.7 Å². The Hall–Kier alpha value is -6.77. The molecule has 0 spiro atoms. The second kappa shape index (κ2) is 20.0. The van der Waals surface area contributed by atoms with E-state index < -0.39 is 57.1 Å². The number of aromatic amines is 1. The van der Waals surface area contributed by atoms with Gasteiger partial charge in [0.1, 0.15) is 17.2 Å². The lowest BCUT2D eigenvalue weighted by Gasteiger charge is -2.37. The van der Waals surface area contributed by atoms with E-state index in [9.17, 15) is 32.4 Å². The van der Waals surface area contributed by atoms with Crippen molar-refractivity contribution in [2.24, 2.45) is 0 Å². The number of ketones is 1. The lowest BCUT2D eigenvalue weighted by Crippen LogP contribution is -2.54. The molecule has 4 N–H and O–H groups in total. The van der Waals surface area contributed by atoms with Crippen molar-refractivity contribution in [3.8, 4) is 16.9 Å². The summed E-state index contributed by atoms with van der Waals surface area (Å²) in [5.74, 6) is -3.84. The number of benzene rings is 3. The number of nitrogens with zero attached hydrogens (tertiary/aromatic N) is 4. The Kier molecular flexibility index (Phi) is 13.9. The van der Waals surface area contributed by atoms with Gasteiger partial charge in [-0.15, -0.1) is 0 Å². The third kappa shape index (κ3) is 10.3. The molecule has 0 radical (unpaired) electrons. The quantitative estimate of drug-likeness (QED) is 0.0586. The first-order valence-corrected chi connectivity index (χ1v) is 23.5. The normalized spacial score (nSPS) is 18.1. The standard InChI is InChI=1S/C47H50F2N8O9S/c1-3-55(2)67(63,64)54-38-13-12-37(48)41(42(38)49)43(60)36-26-51-44-35(36)24-31(25-50-44)29-4-8-33(9-5-29)56-22-18-32(19-23-56)52-46(62)47(65-27-58)57-20-16-30(17-21-57)28-6-10-34(11-7-28)66-39-14-15-40(59)53-45(39)61/h4-13,24-27,30,32,39,47,54H,3,14-23H2,1-2H3,(H,50,51)(H,52,62)(H,53,59,61). The number of carbonyl (C=O) groups is 5. The zero-order valence-corrected chi connectivity index (χ0v) is 37.6.